The first-order valence-electron chi connectivity index (χ1n) is 14.7. The van der Waals surface area contributed by atoms with Crippen molar-refractivity contribution < 1.29 is 47.2 Å². The van der Waals surface area contributed by atoms with E-state index in [0.717, 1.165) is 19.3 Å². The number of esters is 2. The van der Waals surface area contributed by atoms with Gasteiger partial charge in [0.1, 0.15) is 19.8 Å². The van der Waals surface area contributed by atoms with Crippen LogP contribution in [0.5, 0.6) is 0 Å². The lowest BCUT2D eigenvalue weighted by atomic mass is 10.2. The molecule has 0 bridgehead atoms. The second-order valence-corrected chi connectivity index (χ2v) is 12.1. The number of phosphoric ester groups is 1. The van der Waals surface area contributed by atoms with Gasteiger partial charge in [0.25, 0.3) is 0 Å². The lowest BCUT2D eigenvalue weighted by molar-refractivity contribution is -0.870. The van der Waals surface area contributed by atoms with E-state index in [1.807, 2.05) is 69.8 Å². The van der Waals surface area contributed by atoms with Crippen LogP contribution in [0.2, 0.25) is 0 Å². The Kier molecular flexibility index (Phi) is 23.3. The van der Waals surface area contributed by atoms with Crippen molar-refractivity contribution >= 4 is 19.8 Å². The second-order valence-electron chi connectivity index (χ2n) is 10.7. The molecule has 10 nitrogen and oxygen atoms in total. The van der Waals surface area contributed by atoms with Crippen LogP contribution in [0.25, 0.3) is 0 Å². The molecule has 0 aliphatic rings. The molecule has 0 saturated carbocycles. The average Bonchev–Trinajstić information content (AvgIpc) is 2.91. The van der Waals surface area contributed by atoms with Gasteiger partial charge in [-0.15, -0.1) is 0 Å². The minimum atomic E-state index is -4.36. The predicted molar refractivity (Wildman–Crippen MR) is 170 cm³/mol. The van der Waals surface area contributed by atoms with Crippen LogP contribution in [0.3, 0.4) is 0 Å². The quantitative estimate of drug-likeness (QED) is 0.0452. The van der Waals surface area contributed by atoms with Crippen molar-refractivity contribution in [2.24, 2.45) is 0 Å². The van der Waals surface area contributed by atoms with Crippen LogP contribution >= 0.6 is 7.82 Å². The van der Waals surface area contributed by atoms with E-state index >= 15 is 0 Å². The summed E-state index contributed by atoms with van der Waals surface area (Å²) in [5.41, 5.74) is 0. The van der Waals surface area contributed by atoms with Gasteiger partial charge in [-0.1, -0.05) is 79.8 Å². The summed E-state index contributed by atoms with van der Waals surface area (Å²) >= 11 is 0. The largest absolute Gasteiger partial charge is 0.472 e. The Balaban J connectivity index is 4.31. The Morgan fingerprint density at radius 1 is 0.860 bits per heavy atom. The first-order chi connectivity index (χ1) is 20.3. The summed E-state index contributed by atoms with van der Waals surface area (Å²) in [6.07, 6.45) is 26.6. The van der Waals surface area contributed by atoms with E-state index in [2.05, 4.69) is 25.2 Å². The highest BCUT2D eigenvalue weighted by Gasteiger charge is 2.26. The molecule has 0 rings (SSSR count). The van der Waals surface area contributed by atoms with E-state index in [1.165, 1.54) is 6.92 Å². The number of hydrogen-bond donors (Lipinski definition) is 2. The lowest BCUT2D eigenvalue weighted by Gasteiger charge is -2.24. The molecule has 0 spiro atoms. The normalized spacial score (nSPS) is 15.8. The Morgan fingerprint density at radius 3 is 2.14 bits per heavy atom. The molecular formula is C32H53NO9P+. The van der Waals surface area contributed by atoms with Crippen LogP contribution in [-0.4, -0.2) is 86.1 Å². The van der Waals surface area contributed by atoms with E-state index in [0.29, 0.717) is 30.3 Å². The highest BCUT2D eigenvalue weighted by Crippen LogP contribution is 2.43. The maximum Gasteiger partial charge on any atom is 0.472 e. The van der Waals surface area contributed by atoms with Gasteiger partial charge in [-0.3, -0.25) is 18.6 Å². The van der Waals surface area contributed by atoms with Crippen LogP contribution in [0.15, 0.2) is 72.9 Å². The molecule has 11 heteroatoms. The number of ether oxygens (including phenoxy) is 2. The molecule has 0 fully saturated rings. The van der Waals surface area contributed by atoms with E-state index in [1.54, 1.807) is 6.08 Å². The second kappa shape index (κ2) is 24.8. The van der Waals surface area contributed by atoms with Gasteiger partial charge < -0.3 is 24.0 Å². The highest BCUT2D eigenvalue weighted by atomic mass is 31.2. The molecular weight excluding hydrogens is 573 g/mol. The minimum Gasteiger partial charge on any atom is -0.462 e. The molecule has 2 unspecified atom stereocenters. The van der Waals surface area contributed by atoms with Crippen LogP contribution in [0.4, 0.5) is 0 Å². The van der Waals surface area contributed by atoms with Crippen molar-refractivity contribution in [1.82, 2.24) is 0 Å². The predicted octanol–water partition coefficient (Wildman–Crippen LogP) is 5.75. The van der Waals surface area contributed by atoms with Crippen molar-refractivity contribution in [2.45, 2.75) is 71.0 Å². The Bertz CT molecular complexity index is 993. The fourth-order valence-corrected chi connectivity index (χ4v) is 3.82. The van der Waals surface area contributed by atoms with E-state index in [9.17, 15) is 24.2 Å². The zero-order chi connectivity index (χ0) is 32.4. The minimum absolute atomic E-state index is 0.00237. The van der Waals surface area contributed by atoms with Crippen LogP contribution < -0.4 is 0 Å². The summed E-state index contributed by atoms with van der Waals surface area (Å²) in [5.74, 6) is -1.13. The molecule has 0 aromatic rings. The van der Waals surface area contributed by atoms with Gasteiger partial charge in [0, 0.05) is 13.3 Å². The SMILES string of the molecule is CC/C=C\C/C=C\CC(O)/C=C/C=C\C/C=C\C/C=C\CCC(=O)O[C@H](COC(C)=O)COP(=O)(O)OCC[N+](C)(C)C. The maximum atomic E-state index is 12.2. The number of quaternary nitrogens is 1. The van der Waals surface area contributed by atoms with Crippen LogP contribution in [-0.2, 0) is 32.7 Å². The number of aliphatic hydroxyl groups excluding tert-OH is 1. The van der Waals surface area contributed by atoms with Crippen molar-refractivity contribution in [3.8, 4) is 0 Å². The third-order valence-electron chi connectivity index (χ3n) is 5.40. The number of aliphatic hydroxyl groups is 1. The van der Waals surface area contributed by atoms with E-state index < -0.39 is 38.6 Å². The number of rotatable bonds is 24. The first-order valence-corrected chi connectivity index (χ1v) is 16.2. The third-order valence-corrected chi connectivity index (χ3v) is 6.39. The number of phosphoric acid groups is 1. The molecule has 0 aromatic carbocycles. The monoisotopic (exact) mass is 626 g/mol. The van der Waals surface area contributed by atoms with Gasteiger partial charge in [-0.25, -0.2) is 4.57 Å². The fraction of sp³-hybridized carbons (Fsp3) is 0.562. The van der Waals surface area contributed by atoms with Crippen molar-refractivity contribution in [3.05, 3.63) is 72.9 Å². The molecule has 0 amide bonds. The molecule has 0 heterocycles. The topological polar surface area (TPSA) is 129 Å². The summed E-state index contributed by atoms with van der Waals surface area (Å²) in [4.78, 5) is 33.3. The van der Waals surface area contributed by atoms with Gasteiger partial charge in [-0.05, 0) is 38.5 Å². The van der Waals surface area contributed by atoms with Crippen molar-refractivity contribution in [2.75, 3.05) is 47.5 Å². The van der Waals surface area contributed by atoms with Crippen molar-refractivity contribution in [3.63, 3.8) is 0 Å². The fourth-order valence-electron chi connectivity index (χ4n) is 3.08. The van der Waals surface area contributed by atoms with Gasteiger partial charge in [0.05, 0.1) is 33.9 Å². The number of likely N-dealkylation sites (N-methyl/N-ethyl adjacent to an activating group) is 1. The number of hydrogen-bond acceptors (Lipinski definition) is 8. The van der Waals surface area contributed by atoms with Gasteiger partial charge >= 0.3 is 19.8 Å². The summed E-state index contributed by atoms with van der Waals surface area (Å²) < 4.78 is 32.7. The van der Waals surface area contributed by atoms with Gasteiger partial charge in [-0.2, -0.15) is 0 Å². The van der Waals surface area contributed by atoms with Crippen molar-refractivity contribution in [1.29, 1.82) is 0 Å². The molecule has 0 aromatic heterocycles. The zero-order valence-electron chi connectivity index (χ0n) is 26.5. The summed E-state index contributed by atoms with van der Waals surface area (Å²) in [5, 5.41) is 9.93. The average molecular weight is 627 g/mol. The van der Waals surface area contributed by atoms with Crippen LogP contribution in [0, 0.1) is 0 Å². The first kappa shape index (κ1) is 40.4. The summed E-state index contributed by atoms with van der Waals surface area (Å²) in [7, 11) is 1.37. The number of carbonyl (C=O) groups excluding carboxylic acids is 2. The standard InChI is InChI=1S/C32H52NO9P/c1-6-7-8-9-16-19-22-30(35)23-20-17-14-12-10-11-13-15-18-21-24-32(36)42-31(27-39-29(2)34)28-41-43(37,38)40-26-25-33(3,4)5/h7-8,10-11,14-20,23,30-31,35H,6,9,12-13,21-22,24-28H2,1-5H3/p+1/b8-7-,11-10-,17-14-,18-15-,19-16-,23-20+/t30?,31-/m1/s1. The summed E-state index contributed by atoms with van der Waals surface area (Å²) in [6.45, 7) is 3.03. The molecule has 0 saturated heterocycles. The molecule has 0 radical (unpaired) electrons. The number of allylic oxidation sites excluding steroid dienone is 10. The number of nitrogens with zero attached hydrogens (tertiary/aromatic N) is 1. The third kappa shape index (κ3) is 29.3. The van der Waals surface area contributed by atoms with Gasteiger partial charge in [0.15, 0.2) is 6.10 Å². The molecule has 3 atom stereocenters. The van der Waals surface area contributed by atoms with Crippen LogP contribution in [0.1, 0.15) is 58.8 Å². The molecule has 43 heavy (non-hydrogen) atoms. The van der Waals surface area contributed by atoms with E-state index in [4.69, 9.17) is 18.5 Å². The lowest BCUT2D eigenvalue weighted by Crippen LogP contribution is -2.37. The molecule has 0 aliphatic heterocycles. The smallest absolute Gasteiger partial charge is 0.462 e. The Labute approximate surface area is 258 Å². The number of carbonyl (C=O) groups is 2. The highest BCUT2D eigenvalue weighted by molar-refractivity contribution is 7.47. The van der Waals surface area contributed by atoms with Gasteiger partial charge in [0.2, 0.25) is 0 Å². The summed E-state index contributed by atoms with van der Waals surface area (Å²) in [6, 6.07) is 0. The zero-order valence-corrected chi connectivity index (χ0v) is 27.4. The molecule has 0 aliphatic carbocycles. The Hall–Kier alpha value is -2.59. The molecule has 244 valence electrons. The van der Waals surface area contributed by atoms with E-state index in [-0.39, 0.29) is 19.6 Å². The Morgan fingerprint density at radius 2 is 1.49 bits per heavy atom. The molecule has 2 N–H and O–H groups in total. The maximum absolute atomic E-state index is 12.2.